The van der Waals surface area contributed by atoms with Gasteiger partial charge < -0.3 is 26.2 Å². The SMILES string of the molecule is CCCCCCCCC/C=C/CC/C=C/CC/C=C/C(O)C(COP(=O)(O)OCCN)NC(=O)CC(O)CCCCCCCCCCCCCCC. The lowest BCUT2D eigenvalue weighted by atomic mass is 10.0. The van der Waals surface area contributed by atoms with Crippen LogP contribution in [0.15, 0.2) is 36.5 Å². The van der Waals surface area contributed by atoms with Crippen molar-refractivity contribution in [3.05, 3.63) is 36.5 Å². The first-order valence-electron chi connectivity index (χ1n) is 21.2. The van der Waals surface area contributed by atoms with Gasteiger partial charge in [-0.2, -0.15) is 0 Å². The van der Waals surface area contributed by atoms with Gasteiger partial charge in [0.1, 0.15) is 0 Å². The quantitative estimate of drug-likeness (QED) is 0.0236. The smallest absolute Gasteiger partial charge is 0.393 e. The summed E-state index contributed by atoms with van der Waals surface area (Å²) >= 11 is 0. The van der Waals surface area contributed by atoms with E-state index in [1.165, 1.54) is 109 Å². The van der Waals surface area contributed by atoms with Crippen LogP contribution in [0.5, 0.6) is 0 Å². The molecule has 0 aliphatic rings. The molecule has 0 aromatic heterocycles. The average Bonchev–Trinajstić information content (AvgIpc) is 3.12. The summed E-state index contributed by atoms with van der Waals surface area (Å²) in [6.45, 7) is 3.93. The number of nitrogens with two attached hydrogens (primary N) is 1. The van der Waals surface area contributed by atoms with E-state index in [1.807, 2.05) is 6.08 Å². The van der Waals surface area contributed by atoms with Crippen molar-refractivity contribution >= 4 is 13.7 Å². The van der Waals surface area contributed by atoms with E-state index in [4.69, 9.17) is 14.8 Å². The van der Waals surface area contributed by atoms with E-state index < -0.39 is 38.6 Å². The van der Waals surface area contributed by atoms with Crippen LogP contribution in [0.1, 0.15) is 187 Å². The molecule has 0 bridgehead atoms. The highest BCUT2D eigenvalue weighted by molar-refractivity contribution is 7.47. The molecule has 0 spiro atoms. The zero-order valence-electron chi connectivity index (χ0n) is 33.4. The molecule has 1 amide bonds. The average molecular weight is 757 g/mol. The van der Waals surface area contributed by atoms with Crippen LogP contribution >= 0.6 is 7.82 Å². The molecular formula is C42H81N2O7P. The lowest BCUT2D eigenvalue weighted by Crippen LogP contribution is -2.46. The van der Waals surface area contributed by atoms with E-state index in [2.05, 4.69) is 43.5 Å². The van der Waals surface area contributed by atoms with Gasteiger partial charge in [-0.1, -0.05) is 172 Å². The highest BCUT2D eigenvalue weighted by Gasteiger charge is 2.27. The first-order valence-corrected chi connectivity index (χ1v) is 22.7. The lowest BCUT2D eigenvalue weighted by molar-refractivity contribution is -0.124. The molecule has 0 aromatic carbocycles. The third-order valence-electron chi connectivity index (χ3n) is 9.25. The van der Waals surface area contributed by atoms with Gasteiger partial charge in [-0.05, 0) is 44.9 Å². The van der Waals surface area contributed by atoms with Gasteiger partial charge in [0.05, 0.1) is 37.9 Å². The minimum atomic E-state index is -4.41. The Kier molecular flexibility index (Phi) is 37.0. The molecule has 0 aromatic rings. The lowest BCUT2D eigenvalue weighted by Gasteiger charge is -2.24. The molecule has 0 radical (unpaired) electrons. The first-order chi connectivity index (χ1) is 25.3. The van der Waals surface area contributed by atoms with Gasteiger partial charge in [0.15, 0.2) is 0 Å². The molecule has 0 saturated carbocycles. The number of hydrogen-bond donors (Lipinski definition) is 5. The predicted molar refractivity (Wildman–Crippen MR) is 218 cm³/mol. The fourth-order valence-corrected chi connectivity index (χ4v) is 6.79. The van der Waals surface area contributed by atoms with Crippen LogP contribution in [0.4, 0.5) is 0 Å². The highest BCUT2D eigenvalue weighted by atomic mass is 31.2. The van der Waals surface area contributed by atoms with Gasteiger partial charge in [-0.15, -0.1) is 0 Å². The number of hydrogen-bond acceptors (Lipinski definition) is 7. The molecule has 0 aliphatic carbocycles. The maximum absolute atomic E-state index is 12.8. The van der Waals surface area contributed by atoms with E-state index >= 15 is 0 Å². The molecule has 306 valence electrons. The van der Waals surface area contributed by atoms with E-state index in [1.54, 1.807) is 6.08 Å². The van der Waals surface area contributed by atoms with Crippen LogP contribution in [-0.2, 0) is 18.4 Å². The Balaban J connectivity index is 4.44. The molecule has 0 rings (SSSR count). The van der Waals surface area contributed by atoms with Crippen molar-refractivity contribution < 1.29 is 33.5 Å². The fraction of sp³-hybridized carbons (Fsp3) is 0.833. The second-order valence-electron chi connectivity index (χ2n) is 14.4. The molecular weight excluding hydrogens is 675 g/mol. The van der Waals surface area contributed by atoms with Gasteiger partial charge in [-0.3, -0.25) is 13.8 Å². The summed E-state index contributed by atoms with van der Waals surface area (Å²) in [5.41, 5.74) is 5.35. The normalized spacial score (nSPS) is 15.1. The number of amides is 1. The summed E-state index contributed by atoms with van der Waals surface area (Å²) < 4.78 is 22.0. The van der Waals surface area contributed by atoms with Crippen LogP contribution in [0.25, 0.3) is 0 Å². The predicted octanol–water partition coefficient (Wildman–Crippen LogP) is 10.5. The molecule has 4 unspecified atom stereocenters. The number of carbonyl (C=O) groups excluding carboxylic acids is 1. The minimum Gasteiger partial charge on any atom is -0.393 e. The van der Waals surface area contributed by atoms with Crippen molar-refractivity contribution in [3.63, 3.8) is 0 Å². The second-order valence-corrected chi connectivity index (χ2v) is 15.8. The van der Waals surface area contributed by atoms with Crippen molar-refractivity contribution in [2.75, 3.05) is 19.8 Å². The van der Waals surface area contributed by atoms with Crippen LogP contribution in [0.3, 0.4) is 0 Å². The fourth-order valence-electron chi connectivity index (χ4n) is 6.03. The third-order valence-corrected chi connectivity index (χ3v) is 10.2. The van der Waals surface area contributed by atoms with Crippen molar-refractivity contribution in [2.24, 2.45) is 5.73 Å². The van der Waals surface area contributed by atoms with Gasteiger partial charge in [-0.25, -0.2) is 4.57 Å². The maximum Gasteiger partial charge on any atom is 0.472 e. The summed E-state index contributed by atoms with van der Waals surface area (Å²) in [5, 5.41) is 24.0. The molecule has 0 fully saturated rings. The van der Waals surface area contributed by atoms with Crippen molar-refractivity contribution in [3.8, 4) is 0 Å². The van der Waals surface area contributed by atoms with Crippen LogP contribution in [0, 0.1) is 0 Å². The Morgan fingerprint density at radius 3 is 1.60 bits per heavy atom. The number of aliphatic hydroxyl groups excluding tert-OH is 2. The summed E-state index contributed by atoms with van der Waals surface area (Å²) in [6, 6.07) is -1.00. The molecule has 0 aliphatic heterocycles. The summed E-state index contributed by atoms with van der Waals surface area (Å²) in [5.74, 6) is -0.460. The molecule has 6 N–H and O–H groups in total. The maximum atomic E-state index is 12.8. The van der Waals surface area contributed by atoms with Gasteiger partial charge in [0, 0.05) is 6.54 Å². The van der Waals surface area contributed by atoms with E-state index in [9.17, 15) is 24.5 Å². The molecule has 52 heavy (non-hydrogen) atoms. The van der Waals surface area contributed by atoms with E-state index in [0.29, 0.717) is 12.8 Å². The summed E-state index contributed by atoms with van der Waals surface area (Å²) in [7, 11) is -4.41. The molecule has 10 heteroatoms. The Bertz CT molecular complexity index is 930. The molecule has 4 atom stereocenters. The van der Waals surface area contributed by atoms with Crippen molar-refractivity contribution in [1.82, 2.24) is 5.32 Å². The Labute approximate surface area is 319 Å². The molecule has 0 heterocycles. The van der Waals surface area contributed by atoms with E-state index in [0.717, 1.165) is 44.9 Å². The summed E-state index contributed by atoms with van der Waals surface area (Å²) in [4.78, 5) is 22.7. The van der Waals surface area contributed by atoms with Gasteiger partial charge in [0.25, 0.3) is 0 Å². The summed E-state index contributed by atoms with van der Waals surface area (Å²) in [6.07, 6.45) is 40.9. The first kappa shape index (κ1) is 50.7. The largest absolute Gasteiger partial charge is 0.472 e. The van der Waals surface area contributed by atoms with Crippen LogP contribution in [-0.4, -0.2) is 59.0 Å². The number of nitrogens with one attached hydrogen (secondary N) is 1. The monoisotopic (exact) mass is 757 g/mol. The molecule has 9 nitrogen and oxygen atoms in total. The zero-order valence-corrected chi connectivity index (χ0v) is 34.3. The number of aliphatic hydroxyl groups is 2. The van der Waals surface area contributed by atoms with Crippen molar-refractivity contribution in [1.29, 1.82) is 0 Å². The molecule has 0 saturated heterocycles. The Morgan fingerprint density at radius 2 is 1.10 bits per heavy atom. The Hall–Kier alpha value is -1.32. The standard InChI is InChI=1S/C42H81N2O7P/c1-3-5-7-9-11-13-15-17-18-19-20-22-24-26-28-30-32-34-41(46)40(38-51-52(48,49)50-36-35-43)44-42(47)37-39(45)33-31-29-27-25-23-21-16-14-12-10-8-6-4-2/h18-19,24,26,32,34,39-41,45-46H,3-17,20-23,25,27-31,33,35-38,43H2,1-2H3,(H,44,47)(H,48,49)/b19-18+,26-24+,34-32+. The zero-order chi connectivity index (χ0) is 38.4. The number of phosphoric ester groups is 1. The van der Waals surface area contributed by atoms with Gasteiger partial charge >= 0.3 is 7.82 Å². The number of rotatable bonds is 39. The van der Waals surface area contributed by atoms with E-state index in [-0.39, 0.29) is 19.6 Å². The number of allylic oxidation sites excluding steroid dienone is 5. The second kappa shape index (κ2) is 38.0. The van der Waals surface area contributed by atoms with Crippen molar-refractivity contribution in [2.45, 2.75) is 205 Å². The number of phosphoric acid groups is 1. The van der Waals surface area contributed by atoms with Gasteiger partial charge in [0.2, 0.25) is 5.91 Å². The number of carbonyl (C=O) groups is 1. The van der Waals surface area contributed by atoms with Crippen LogP contribution < -0.4 is 11.1 Å². The Morgan fingerprint density at radius 1 is 0.654 bits per heavy atom. The minimum absolute atomic E-state index is 0.0427. The topological polar surface area (TPSA) is 151 Å². The number of unbranched alkanes of at least 4 members (excludes halogenated alkanes) is 21. The highest BCUT2D eigenvalue weighted by Crippen LogP contribution is 2.43. The van der Waals surface area contributed by atoms with Crippen LogP contribution in [0.2, 0.25) is 0 Å². The third kappa shape index (κ3) is 35.7.